The van der Waals surface area contributed by atoms with Crippen molar-refractivity contribution in [2.75, 3.05) is 5.73 Å². The Balaban J connectivity index is 1.51. The maximum Gasteiger partial charge on any atom is 0.239 e. The van der Waals surface area contributed by atoms with Crippen molar-refractivity contribution in [2.24, 2.45) is 11.3 Å². The van der Waals surface area contributed by atoms with Crippen LogP contribution in [-0.4, -0.2) is 21.1 Å². The second kappa shape index (κ2) is 4.26. The van der Waals surface area contributed by atoms with Crippen LogP contribution < -0.4 is 11.1 Å². The first-order chi connectivity index (χ1) is 8.70. The minimum atomic E-state index is 0.159. The standard InChI is InChI=1S/C12H19N5O/c13-11-15-9(16-17-11)7-14-10(18)8-6-12(8)4-2-1-3-5-12/h8H,1-7H2,(H,14,18)(H3,13,15,16,17). The third kappa shape index (κ3) is 2.07. The molecule has 1 heterocycles. The van der Waals surface area contributed by atoms with E-state index in [-0.39, 0.29) is 17.8 Å². The average molecular weight is 249 g/mol. The smallest absolute Gasteiger partial charge is 0.239 e. The molecule has 2 fully saturated rings. The zero-order valence-corrected chi connectivity index (χ0v) is 10.4. The number of aromatic nitrogens is 3. The number of nitrogen functional groups attached to an aromatic ring is 1. The number of nitrogens with zero attached hydrogens (tertiary/aromatic N) is 2. The summed E-state index contributed by atoms with van der Waals surface area (Å²) in [5, 5.41) is 9.34. The van der Waals surface area contributed by atoms with E-state index < -0.39 is 0 Å². The van der Waals surface area contributed by atoms with Gasteiger partial charge in [-0.05, 0) is 24.7 Å². The number of carbonyl (C=O) groups is 1. The van der Waals surface area contributed by atoms with Crippen LogP contribution in [0.15, 0.2) is 0 Å². The molecule has 0 aliphatic heterocycles. The molecule has 18 heavy (non-hydrogen) atoms. The molecule has 6 heteroatoms. The minimum Gasteiger partial charge on any atom is -0.367 e. The Kier molecular flexibility index (Phi) is 2.72. The molecule has 0 bridgehead atoms. The Bertz CT molecular complexity index is 449. The van der Waals surface area contributed by atoms with Crippen molar-refractivity contribution < 1.29 is 4.79 Å². The molecule has 2 aliphatic rings. The van der Waals surface area contributed by atoms with Crippen molar-refractivity contribution >= 4 is 11.9 Å². The Hall–Kier alpha value is -1.59. The number of amides is 1. The summed E-state index contributed by atoms with van der Waals surface area (Å²) in [4.78, 5) is 16.0. The molecule has 3 rings (SSSR count). The van der Waals surface area contributed by atoms with Crippen LogP contribution in [0.4, 0.5) is 5.95 Å². The highest BCUT2D eigenvalue weighted by molar-refractivity contribution is 5.82. The number of rotatable bonds is 3. The molecule has 4 N–H and O–H groups in total. The fourth-order valence-electron chi connectivity index (χ4n) is 3.21. The van der Waals surface area contributed by atoms with Gasteiger partial charge in [0.25, 0.3) is 0 Å². The lowest BCUT2D eigenvalue weighted by Crippen LogP contribution is -2.28. The van der Waals surface area contributed by atoms with Crippen LogP contribution in [0.5, 0.6) is 0 Å². The van der Waals surface area contributed by atoms with Crippen LogP contribution in [0.25, 0.3) is 0 Å². The molecule has 2 saturated carbocycles. The van der Waals surface area contributed by atoms with Gasteiger partial charge in [0.1, 0.15) is 5.82 Å². The van der Waals surface area contributed by atoms with Crippen molar-refractivity contribution in [3.8, 4) is 0 Å². The summed E-state index contributed by atoms with van der Waals surface area (Å²) in [7, 11) is 0. The summed E-state index contributed by atoms with van der Waals surface area (Å²) in [6.07, 6.45) is 7.40. The highest BCUT2D eigenvalue weighted by atomic mass is 16.2. The molecule has 1 spiro atoms. The fourth-order valence-corrected chi connectivity index (χ4v) is 3.21. The van der Waals surface area contributed by atoms with Gasteiger partial charge in [-0.15, -0.1) is 5.10 Å². The second-order valence-corrected chi connectivity index (χ2v) is 5.54. The zero-order valence-electron chi connectivity index (χ0n) is 10.4. The number of carbonyl (C=O) groups excluding carboxylic acids is 1. The van der Waals surface area contributed by atoms with Crippen molar-refractivity contribution in [1.82, 2.24) is 20.5 Å². The van der Waals surface area contributed by atoms with Gasteiger partial charge in [-0.1, -0.05) is 19.3 Å². The topological polar surface area (TPSA) is 96.7 Å². The van der Waals surface area contributed by atoms with E-state index in [0.717, 1.165) is 6.42 Å². The third-order valence-electron chi connectivity index (χ3n) is 4.33. The Morgan fingerprint density at radius 2 is 2.22 bits per heavy atom. The monoisotopic (exact) mass is 249 g/mol. The number of hydrogen-bond acceptors (Lipinski definition) is 4. The summed E-state index contributed by atoms with van der Waals surface area (Å²) < 4.78 is 0. The Labute approximate surface area is 106 Å². The van der Waals surface area contributed by atoms with Gasteiger partial charge >= 0.3 is 0 Å². The van der Waals surface area contributed by atoms with Gasteiger partial charge in [-0.2, -0.15) is 4.98 Å². The quantitative estimate of drug-likeness (QED) is 0.743. The van der Waals surface area contributed by atoms with Crippen LogP contribution in [0.2, 0.25) is 0 Å². The van der Waals surface area contributed by atoms with Gasteiger partial charge in [-0.25, -0.2) is 0 Å². The summed E-state index contributed by atoms with van der Waals surface area (Å²) in [5.74, 6) is 1.21. The van der Waals surface area contributed by atoms with Crippen molar-refractivity contribution in [1.29, 1.82) is 0 Å². The maximum absolute atomic E-state index is 12.1. The van der Waals surface area contributed by atoms with Crippen molar-refractivity contribution in [2.45, 2.75) is 45.1 Å². The van der Waals surface area contributed by atoms with Gasteiger partial charge in [0.2, 0.25) is 11.9 Å². The van der Waals surface area contributed by atoms with Crippen molar-refractivity contribution in [3.63, 3.8) is 0 Å². The molecule has 98 valence electrons. The van der Waals surface area contributed by atoms with E-state index in [9.17, 15) is 4.79 Å². The van der Waals surface area contributed by atoms with Crippen LogP contribution in [0.3, 0.4) is 0 Å². The molecule has 1 atom stereocenters. The maximum atomic E-state index is 12.1. The van der Waals surface area contributed by atoms with Crippen LogP contribution in [-0.2, 0) is 11.3 Å². The molecule has 2 aliphatic carbocycles. The Morgan fingerprint density at radius 3 is 2.89 bits per heavy atom. The molecule has 1 aromatic heterocycles. The van der Waals surface area contributed by atoms with E-state index in [2.05, 4.69) is 20.5 Å². The zero-order chi connectivity index (χ0) is 12.6. The van der Waals surface area contributed by atoms with Gasteiger partial charge < -0.3 is 11.1 Å². The number of nitrogens with two attached hydrogens (primary N) is 1. The lowest BCUT2D eigenvalue weighted by atomic mass is 9.84. The SMILES string of the molecule is Nc1n[nH]c(CNC(=O)C2CC23CCCCC3)n1. The normalized spacial score (nSPS) is 25.0. The number of hydrogen-bond donors (Lipinski definition) is 3. The molecule has 1 amide bonds. The molecular weight excluding hydrogens is 230 g/mol. The van der Waals surface area contributed by atoms with Gasteiger partial charge in [-0.3, -0.25) is 9.89 Å². The number of anilines is 1. The van der Waals surface area contributed by atoms with Crippen molar-refractivity contribution in [3.05, 3.63) is 5.82 Å². The molecule has 0 radical (unpaired) electrons. The summed E-state index contributed by atoms with van der Waals surface area (Å²) >= 11 is 0. The van der Waals surface area contributed by atoms with Crippen LogP contribution in [0, 0.1) is 11.3 Å². The molecule has 1 unspecified atom stereocenters. The molecule has 6 nitrogen and oxygen atoms in total. The molecule has 1 aromatic rings. The van der Waals surface area contributed by atoms with E-state index in [1.54, 1.807) is 0 Å². The first-order valence-electron chi connectivity index (χ1n) is 6.64. The van der Waals surface area contributed by atoms with E-state index in [0.29, 0.717) is 17.8 Å². The largest absolute Gasteiger partial charge is 0.367 e. The number of aromatic amines is 1. The number of nitrogens with one attached hydrogen (secondary N) is 2. The summed E-state index contributed by atoms with van der Waals surface area (Å²) in [6, 6.07) is 0. The minimum absolute atomic E-state index is 0.159. The van der Waals surface area contributed by atoms with E-state index in [4.69, 9.17) is 5.73 Å². The molecule has 0 saturated heterocycles. The summed E-state index contributed by atoms with van der Waals surface area (Å²) in [6.45, 7) is 0.385. The first-order valence-corrected chi connectivity index (χ1v) is 6.64. The molecular formula is C12H19N5O. The van der Waals surface area contributed by atoms with E-state index >= 15 is 0 Å². The number of H-pyrrole nitrogens is 1. The summed E-state index contributed by atoms with van der Waals surface area (Å²) in [5.41, 5.74) is 5.74. The van der Waals surface area contributed by atoms with Crippen LogP contribution >= 0.6 is 0 Å². The lowest BCUT2D eigenvalue weighted by Gasteiger charge is -2.21. The highest BCUT2D eigenvalue weighted by Gasteiger charge is 2.57. The Morgan fingerprint density at radius 1 is 1.44 bits per heavy atom. The predicted molar refractivity (Wildman–Crippen MR) is 66.3 cm³/mol. The highest BCUT2D eigenvalue weighted by Crippen LogP contribution is 2.61. The third-order valence-corrected chi connectivity index (χ3v) is 4.33. The van der Waals surface area contributed by atoms with Gasteiger partial charge in [0.05, 0.1) is 6.54 Å². The average Bonchev–Trinajstić information content (AvgIpc) is 2.89. The fraction of sp³-hybridized carbons (Fsp3) is 0.750. The van der Waals surface area contributed by atoms with E-state index in [1.807, 2.05) is 0 Å². The lowest BCUT2D eigenvalue weighted by molar-refractivity contribution is -0.123. The first kappa shape index (κ1) is 11.5. The van der Waals surface area contributed by atoms with Gasteiger partial charge in [0, 0.05) is 5.92 Å². The predicted octanol–water partition coefficient (Wildman–Crippen LogP) is 0.973. The molecule has 0 aromatic carbocycles. The van der Waals surface area contributed by atoms with Crippen LogP contribution in [0.1, 0.15) is 44.3 Å². The second-order valence-electron chi connectivity index (χ2n) is 5.54. The van der Waals surface area contributed by atoms with Gasteiger partial charge in [0.15, 0.2) is 0 Å². The van der Waals surface area contributed by atoms with E-state index in [1.165, 1.54) is 32.1 Å².